The van der Waals surface area contributed by atoms with E-state index in [9.17, 15) is 30.3 Å². The number of nitrogens with one attached hydrogen (secondary N) is 2. The normalized spacial score (nSPS) is 13.0. The molecule has 1 aromatic heterocycles. The summed E-state index contributed by atoms with van der Waals surface area (Å²) in [7, 11) is 4.82. The van der Waals surface area contributed by atoms with E-state index < -0.39 is 17.9 Å². The van der Waals surface area contributed by atoms with Gasteiger partial charge in [-0.2, -0.15) is 0 Å². The molecule has 0 aliphatic carbocycles. The molecule has 0 radical (unpaired) electrons. The lowest BCUT2D eigenvalue weighted by atomic mass is 9.80. The van der Waals surface area contributed by atoms with Crippen molar-refractivity contribution in [3.63, 3.8) is 0 Å². The molecule has 0 fully saturated rings. The molecule has 310 valence electrons. The van der Waals surface area contributed by atoms with Crippen molar-refractivity contribution in [3.05, 3.63) is 147 Å². The number of phenols is 3. The molecule has 6 rings (SSSR count). The largest absolute Gasteiger partial charge is 0.508 e. The summed E-state index contributed by atoms with van der Waals surface area (Å²) in [6, 6.07) is 26.0. The summed E-state index contributed by atoms with van der Waals surface area (Å²) < 4.78 is 11.3. The van der Waals surface area contributed by atoms with E-state index in [0.717, 1.165) is 61.7 Å². The zero-order valence-electron chi connectivity index (χ0n) is 34.3. The number of H-pyrrole nitrogens is 1. The predicted molar refractivity (Wildman–Crippen MR) is 231 cm³/mol. The van der Waals surface area contributed by atoms with Crippen molar-refractivity contribution in [1.82, 2.24) is 10.3 Å². The minimum Gasteiger partial charge on any atom is -0.508 e. The molecule has 3 unspecified atom stereocenters. The topological polar surface area (TPSA) is 164 Å². The van der Waals surface area contributed by atoms with Crippen LogP contribution < -0.4 is 14.8 Å². The first-order valence-electron chi connectivity index (χ1n) is 20.2. The van der Waals surface area contributed by atoms with E-state index in [1.165, 1.54) is 13.2 Å². The monoisotopic (exact) mass is 800 g/mol. The fourth-order valence-electron chi connectivity index (χ4n) is 8.53. The van der Waals surface area contributed by atoms with Crippen molar-refractivity contribution >= 4 is 16.6 Å². The molecule has 59 heavy (non-hydrogen) atoms. The van der Waals surface area contributed by atoms with E-state index in [1.807, 2.05) is 49.8 Å². The molecule has 0 saturated heterocycles. The fourth-order valence-corrected chi connectivity index (χ4v) is 8.53. The number of aliphatic hydroxyl groups is 2. The number of fused-ring (bicyclic) bond motifs is 1. The number of Topliss-reactive ketones (excluding diaryl/α,β-unsaturated/α-hetero) is 1. The minimum atomic E-state index is -1.07. The van der Waals surface area contributed by atoms with Crippen LogP contribution in [-0.2, 0) is 49.9 Å². The van der Waals surface area contributed by atoms with Gasteiger partial charge in [-0.05, 0) is 137 Å². The quantitative estimate of drug-likeness (QED) is 0.0415. The molecule has 5 aromatic carbocycles. The van der Waals surface area contributed by atoms with Crippen molar-refractivity contribution in [1.29, 1.82) is 0 Å². The second kappa shape index (κ2) is 19.8. The van der Waals surface area contributed by atoms with Gasteiger partial charge in [-0.1, -0.05) is 55.5 Å². The number of hydrogen-bond donors (Lipinski definition) is 7. The Bertz CT molecular complexity index is 2360. The third kappa shape index (κ3) is 10.1. The van der Waals surface area contributed by atoms with Crippen LogP contribution in [0.4, 0.5) is 0 Å². The molecule has 0 aliphatic heterocycles. The zero-order valence-corrected chi connectivity index (χ0v) is 34.3. The van der Waals surface area contributed by atoms with Gasteiger partial charge in [0.25, 0.3) is 0 Å². The number of aryl methyl sites for hydroxylation is 1. The third-order valence-corrected chi connectivity index (χ3v) is 11.4. The van der Waals surface area contributed by atoms with Crippen LogP contribution >= 0.6 is 0 Å². The number of hydrogen-bond acceptors (Lipinski definition) is 9. The van der Waals surface area contributed by atoms with E-state index in [0.29, 0.717) is 43.5 Å². The van der Waals surface area contributed by atoms with Crippen LogP contribution in [0.3, 0.4) is 0 Å². The highest BCUT2D eigenvalue weighted by molar-refractivity contribution is 5.90. The van der Waals surface area contributed by atoms with Gasteiger partial charge in [0.2, 0.25) is 0 Å². The number of aromatic hydroxyl groups is 3. The lowest BCUT2D eigenvalue weighted by molar-refractivity contribution is -0.123. The number of rotatable bonds is 20. The van der Waals surface area contributed by atoms with Gasteiger partial charge in [-0.3, -0.25) is 4.79 Å². The molecule has 0 aliphatic rings. The Kier molecular flexibility index (Phi) is 14.3. The molecule has 10 heteroatoms. The van der Waals surface area contributed by atoms with Gasteiger partial charge in [-0.25, -0.2) is 0 Å². The van der Waals surface area contributed by atoms with Gasteiger partial charge in [0.05, 0.1) is 20.3 Å². The van der Waals surface area contributed by atoms with Gasteiger partial charge in [0.1, 0.15) is 11.5 Å². The molecule has 10 nitrogen and oxygen atoms in total. The number of benzene rings is 5. The molecular formula is C49H56N2O8. The maximum atomic E-state index is 14.6. The summed E-state index contributed by atoms with van der Waals surface area (Å²) in [6.07, 6.45) is 5.29. The zero-order chi connectivity index (χ0) is 42.1. The molecule has 3 atom stereocenters. The summed E-state index contributed by atoms with van der Waals surface area (Å²) >= 11 is 0. The highest BCUT2D eigenvalue weighted by Crippen LogP contribution is 2.40. The molecule has 1 heterocycles. The Morgan fingerprint density at radius 2 is 1.59 bits per heavy atom. The smallest absolute Gasteiger partial charge is 0.164 e. The summed E-state index contributed by atoms with van der Waals surface area (Å²) in [5.74, 6) is -0.685. The lowest BCUT2D eigenvalue weighted by Gasteiger charge is -2.27. The van der Waals surface area contributed by atoms with E-state index in [2.05, 4.69) is 35.4 Å². The highest BCUT2D eigenvalue weighted by atomic mass is 16.5. The van der Waals surface area contributed by atoms with E-state index in [1.54, 1.807) is 37.4 Å². The maximum absolute atomic E-state index is 14.6. The average molecular weight is 801 g/mol. The van der Waals surface area contributed by atoms with Crippen LogP contribution in [0.5, 0.6) is 28.7 Å². The Labute approximate surface area is 346 Å². The lowest BCUT2D eigenvalue weighted by Crippen LogP contribution is -2.30. The van der Waals surface area contributed by atoms with Crippen molar-refractivity contribution in [3.8, 4) is 28.7 Å². The first-order valence-corrected chi connectivity index (χ1v) is 20.2. The number of phenolic OH excluding ortho intramolecular Hbond substituents is 3. The summed E-state index contributed by atoms with van der Waals surface area (Å²) in [5.41, 5.74) is 8.11. The SMILES string of the molecule is CCc1ccc2cccc(CCO)c2c1Cc1c(CC(Cc2cc[nH]c2)C(O)CC(=O)C(Cc2ccc(O)c(OC)c2)c2cc(O)cc(CNC)c2)ccc(O)c1OC. The summed E-state index contributed by atoms with van der Waals surface area (Å²) in [6.45, 7) is 2.61. The van der Waals surface area contributed by atoms with Gasteiger partial charge in [-0.15, -0.1) is 0 Å². The second-order valence-electron chi connectivity index (χ2n) is 15.3. The number of aliphatic hydroxyl groups excluding tert-OH is 2. The first kappa shape index (κ1) is 42.8. The van der Waals surface area contributed by atoms with Crippen LogP contribution in [0.25, 0.3) is 10.8 Å². The molecule has 0 saturated carbocycles. The second-order valence-corrected chi connectivity index (χ2v) is 15.3. The van der Waals surface area contributed by atoms with Crippen molar-refractivity contribution in [2.45, 2.75) is 70.4 Å². The van der Waals surface area contributed by atoms with Crippen LogP contribution in [0, 0.1) is 5.92 Å². The summed E-state index contributed by atoms with van der Waals surface area (Å²) in [5, 5.41) is 59.7. The Morgan fingerprint density at radius 1 is 0.797 bits per heavy atom. The van der Waals surface area contributed by atoms with Crippen LogP contribution in [0.15, 0.2) is 97.3 Å². The van der Waals surface area contributed by atoms with Crippen molar-refractivity contribution in [2.75, 3.05) is 27.9 Å². The molecular weight excluding hydrogens is 745 g/mol. The van der Waals surface area contributed by atoms with Crippen LogP contribution in [0.1, 0.15) is 69.3 Å². The maximum Gasteiger partial charge on any atom is 0.164 e. The van der Waals surface area contributed by atoms with Gasteiger partial charge < -0.3 is 45.3 Å². The van der Waals surface area contributed by atoms with Crippen molar-refractivity contribution in [2.24, 2.45) is 5.92 Å². The summed E-state index contributed by atoms with van der Waals surface area (Å²) in [4.78, 5) is 17.8. The molecule has 0 spiro atoms. The minimum absolute atomic E-state index is 0.00971. The van der Waals surface area contributed by atoms with Gasteiger partial charge in [0, 0.05) is 49.9 Å². The number of ketones is 1. The standard InChI is InChI=1S/C49H56N2O8/c1-5-33-10-11-34-7-6-8-35(16-18-52)48(34)41(33)26-42-36(12-14-44(55)49(42)59-4)24-38(19-31-15-17-51-29-31)45(56)27-46(57)40(22-30-9-13-43(54)47(23-30)58-3)37-20-32(28-50-2)21-39(53)25-37/h6-15,17,20-21,23,25,29,38,40,45,50-56H,5,16,18-19,22,24,26-28H2,1-4H3. The number of carbonyl (C=O) groups is 1. The Balaban J connectivity index is 1.39. The third-order valence-electron chi connectivity index (χ3n) is 11.4. The highest BCUT2D eigenvalue weighted by Gasteiger charge is 2.30. The molecule has 7 N–H and O–H groups in total. The molecule has 0 amide bonds. The van der Waals surface area contributed by atoms with Crippen LogP contribution in [-0.4, -0.2) is 70.3 Å². The number of methoxy groups -OCH3 is 2. The van der Waals surface area contributed by atoms with E-state index in [-0.39, 0.29) is 48.2 Å². The Hall–Kier alpha value is -5.81. The predicted octanol–water partition coefficient (Wildman–Crippen LogP) is 7.46. The van der Waals surface area contributed by atoms with Gasteiger partial charge >= 0.3 is 0 Å². The number of aromatic amines is 1. The van der Waals surface area contributed by atoms with Crippen LogP contribution in [0.2, 0.25) is 0 Å². The van der Waals surface area contributed by atoms with E-state index in [4.69, 9.17) is 9.47 Å². The Morgan fingerprint density at radius 3 is 2.31 bits per heavy atom. The van der Waals surface area contributed by atoms with Gasteiger partial charge in [0.15, 0.2) is 23.0 Å². The number of aromatic nitrogens is 1. The fraction of sp³-hybridized carbons (Fsp3) is 0.327. The van der Waals surface area contributed by atoms with E-state index >= 15 is 0 Å². The average Bonchev–Trinajstić information content (AvgIpc) is 3.74. The number of carbonyl (C=O) groups excluding carboxylic acids is 1. The first-order chi connectivity index (χ1) is 28.6. The molecule has 0 bridgehead atoms. The number of ether oxygens (including phenoxy) is 2. The molecule has 6 aromatic rings. The van der Waals surface area contributed by atoms with Crippen molar-refractivity contribution < 1.29 is 39.8 Å².